The number of thiophene rings is 1. The van der Waals surface area contributed by atoms with Crippen molar-refractivity contribution in [2.24, 2.45) is 0 Å². The van der Waals surface area contributed by atoms with E-state index in [4.69, 9.17) is 22.8 Å². The Morgan fingerprint density at radius 3 is 2.06 bits per heavy atom. The Balaban J connectivity index is 1.63. The highest BCUT2D eigenvalue weighted by Crippen LogP contribution is 2.39. The average molecular weight is 425 g/mol. The van der Waals surface area contributed by atoms with E-state index < -0.39 is 0 Å². The molecule has 2 radical (unpaired) electrons. The predicted octanol–water partition coefficient (Wildman–Crippen LogP) is 6.03. The molecule has 0 spiro atoms. The van der Waals surface area contributed by atoms with Crippen LogP contribution in [0.25, 0.3) is 54.3 Å². The molecular weight excluding hydrogens is 409 g/mol. The first-order valence-corrected chi connectivity index (χ1v) is 11.2. The number of hydrogen-bond acceptors (Lipinski definition) is 4. The van der Waals surface area contributed by atoms with Gasteiger partial charge in [0.15, 0.2) is 17.5 Å². The first-order valence-electron chi connectivity index (χ1n) is 10.3. The number of fused-ring (bicyclic) bond motifs is 3. The van der Waals surface area contributed by atoms with Crippen LogP contribution in [0.15, 0.2) is 97.1 Å². The summed E-state index contributed by atoms with van der Waals surface area (Å²) in [5.41, 5.74) is 3.50. The van der Waals surface area contributed by atoms with Crippen molar-refractivity contribution in [3.63, 3.8) is 0 Å². The van der Waals surface area contributed by atoms with E-state index in [2.05, 4.69) is 42.5 Å². The normalized spacial score (nSPS) is 11.2. The van der Waals surface area contributed by atoms with Gasteiger partial charge in [0.2, 0.25) is 0 Å². The standard InChI is InChI=1S/C27H16BN3S/c28-19-11-6-10-18(16-19)26-29-25(17-8-2-1-3-9-17)30-27(31-26)22-14-7-13-21-20-12-4-5-15-23(20)32-24(21)22/h1-16H. The second kappa shape index (κ2) is 7.70. The summed E-state index contributed by atoms with van der Waals surface area (Å²) in [7, 11) is 6.04. The summed E-state index contributed by atoms with van der Waals surface area (Å²) in [6, 6.07) is 32.5. The van der Waals surface area contributed by atoms with Crippen molar-refractivity contribution in [1.29, 1.82) is 0 Å². The smallest absolute Gasteiger partial charge is 0.165 e. The van der Waals surface area contributed by atoms with Gasteiger partial charge in [-0.25, -0.2) is 15.0 Å². The summed E-state index contributed by atoms with van der Waals surface area (Å²) >= 11 is 1.77. The number of benzene rings is 4. The Morgan fingerprint density at radius 2 is 1.22 bits per heavy atom. The molecule has 0 saturated heterocycles. The van der Waals surface area contributed by atoms with Gasteiger partial charge >= 0.3 is 0 Å². The Morgan fingerprint density at radius 1 is 0.562 bits per heavy atom. The van der Waals surface area contributed by atoms with Gasteiger partial charge < -0.3 is 0 Å². The van der Waals surface area contributed by atoms with Gasteiger partial charge in [-0.3, -0.25) is 0 Å². The number of nitrogens with zero attached hydrogens (tertiary/aromatic N) is 3. The van der Waals surface area contributed by atoms with E-state index in [1.165, 1.54) is 20.2 Å². The molecule has 4 aromatic carbocycles. The third kappa shape index (κ3) is 3.27. The molecule has 0 fully saturated rings. The van der Waals surface area contributed by atoms with Crippen LogP contribution in [-0.4, -0.2) is 22.8 Å². The highest BCUT2D eigenvalue weighted by atomic mass is 32.1. The molecule has 0 unspecified atom stereocenters. The van der Waals surface area contributed by atoms with Crippen molar-refractivity contribution in [2.75, 3.05) is 0 Å². The van der Waals surface area contributed by atoms with Crippen LogP contribution in [0.3, 0.4) is 0 Å². The lowest BCUT2D eigenvalue weighted by molar-refractivity contribution is 1.08. The van der Waals surface area contributed by atoms with Gasteiger partial charge in [-0.05, 0) is 12.1 Å². The lowest BCUT2D eigenvalue weighted by Gasteiger charge is -2.09. The van der Waals surface area contributed by atoms with Gasteiger partial charge in [-0.1, -0.05) is 90.4 Å². The molecule has 6 rings (SSSR count). The van der Waals surface area contributed by atoms with E-state index >= 15 is 0 Å². The molecule has 6 aromatic rings. The second-order valence-electron chi connectivity index (χ2n) is 7.58. The van der Waals surface area contributed by atoms with Gasteiger partial charge in [-0.15, -0.1) is 11.3 Å². The summed E-state index contributed by atoms with van der Waals surface area (Å²) in [6.45, 7) is 0. The molecule has 0 N–H and O–H groups in total. The Hall–Kier alpha value is -3.83. The molecule has 5 heteroatoms. The maximum Gasteiger partial charge on any atom is 0.165 e. The molecule has 3 nitrogen and oxygen atoms in total. The fraction of sp³-hybridized carbons (Fsp3) is 0. The highest BCUT2D eigenvalue weighted by Gasteiger charge is 2.16. The molecule has 0 aliphatic rings. The molecule has 0 amide bonds. The quantitative estimate of drug-likeness (QED) is 0.325. The van der Waals surface area contributed by atoms with Crippen molar-refractivity contribution in [1.82, 2.24) is 15.0 Å². The average Bonchev–Trinajstić information content (AvgIpc) is 3.23. The molecule has 0 saturated carbocycles. The SMILES string of the molecule is [B]c1cccc(-c2nc(-c3ccccc3)nc(-c3cccc4c3sc3ccccc34)n2)c1. The zero-order valence-electron chi connectivity index (χ0n) is 17.1. The summed E-state index contributed by atoms with van der Waals surface area (Å²) in [6.07, 6.45) is 0. The molecule has 0 bridgehead atoms. The summed E-state index contributed by atoms with van der Waals surface area (Å²) < 4.78 is 2.43. The zero-order chi connectivity index (χ0) is 21.5. The van der Waals surface area contributed by atoms with Crippen molar-refractivity contribution in [3.8, 4) is 34.2 Å². The van der Waals surface area contributed by atoms with Gasteiger partial charge in [0.1, 0.15) is 7.85 Å². The van der Waals surface area contributed by atoms with Crippen LogP contribution in [-0.2, 0) is 0 Å². The largest absolute Gasteiger partial charge is 0.208 e. The van der Waals surface area contributed by atoms with Gasteiger partial charge in [0, 0.05) is 36.9 Å². The minimum atomic E-state index is 0.610. The van der Waals surface area contributed by atoms with E-state index in [-0.39, 0.29) is 0 Å². The molecule has 2 heterocycles. The van der Waals surface area contributed by atoms with Crippen LogP contribution in [0, 0.1) is 0 Å². The molecule has 0 aliphatic heterocycles. The van der Waals surface area contributed by atoms with Crippen LogP contribution in [0.2, 0.25) is 0 Å². The topological polar surface area (TPSA) is 38.7 Å². The molecular formula is C27H16BN3S. The fourth-order valence-corrected chi connectivity index (χ4v) is 5.15. The molecule has 148 valence electrons. The molecule has 32 heavy (non-hydrogen) atoms. The van der Waals surface area contributed by atoms with Crippen LogP contribution in [0.4, 0.5) is 0 Å². The van der Waals surface area contributed by atoms with Crippen LogP contribution in [0.1, 0.15) is 0 Å². The summed E-state index contributed by atoms with van der Waals surface area (Å²) in [5.74, 6) is 1.92. The Labute approximate surface area is 190 Å². The highest BCUT2D eigenvalue weighted by molar-refractivity contribution is 7.26. The van der Waals surface area contributed by atoms with E-state index in [1.54, 1.807) is 11.3 Å². The minimum Gasteiger partial charge on any atom is -0.208 e. The Kier molecular flexibility index (Phi) is 4.55. The first-order chi connectivity index (χ1) is 15.8. The molecule has 0 atom stereocenters. The van der Waals surface area contributed by atoms with Crippen LogP contribution >= 0.6 is 11.3 Å². The van der Waals surface area contributed by atoms with Gasteiger partial charge in [0.05, 0.1) is 0 Å². The summed E-state index contributed by atoms with van der Waals surface area (Å²) in [5, 5.41) is 2.47. The van der Waals surface area contributed by atoms with E-state index in [0.717, 1.165) is 16.7 Å². The van der Waals surface area contributed by atoms with Crippen LogP contribution in [0.5, 0.6) is 0 Å². The molecule has 0 aliphatic carbocycles. The third-order valence-corrected chi connectivity index (χ3v) is 6.68. The summed E-state index contributed by atoms with van der Waals surface area (Å²) in [4.78, 5) is 14.6. The van der Waals surface area contributed by atoms with Crippen LogP contribution < -0.4 is 5.46 Å². The predicted molar refractivity (Wildman–Crippen MR) is 134 cm³/mol. The van der Waals surface area contributed by atoms with Gasteiger partial charge in [0.25, 0.3) is 0 Å². The van der Waals surface area contributed by atoms with Crippen molar-refractivity contribution in [2.45, 2.75) is 0 Å². The minimum absolute atomic E-state index is 0.610. The third-order valence-electron chi connectivity index (χ3n) is 5.46. The lowest BCUT2D eigenvalue weighted by Crippen LogP contribution is -2.04. The van der Waals surface area contributed by atoms with E-state index in [0.29, 0.717) is 22.9 Å². The second-order valence-corrected chi connectivity index (χ2v) is 8.63. The first kappa shape index (κ1) is 18.9. The maximum atomic E-state index is 6.04. The van der Waals surface area contributed by atoms with Crippen molar-refractivity contribution >= 4 is 44.8 Å². The monoisotopic (exact) mass is 425 g/mol. The van der Waals surface area contributed by atoms with Gasteiger partial charge in [-0.2, -0.15) is 0 Å². The number of hydrogen-bond donors (Lipinski definition) is 0. The Bertz CT molecular complexity index is 1590. The number of aromatic nitrogens is 3. The van der Waals surface area contributed by atoms with E-state index in [9.17, 15) is 0 Å². The lowest BCUT2D eigenvalue weighted by atomic mass is 9.94. The maximum absolute atomic E-state index is 6.04. The van der Waals surface area contributed by atoms with E-state index in [1.807, 2.05) is 54.6 Å². The van der Waals surface area contributed by atoms with Crippen molar-refractivity contribution in [3.05, 3.63) is 97.1 Å². The zero-order valence-corrected chi connectivity index (χ0v) is 17.9. The number of rotatable bonds is 3. The fourth-order valence-electron chi connectivity index (χ4n) is 3.94. The molecule has 2 aromatic heterocycles. The van der Waals surface area contributed by atoms with Crippen molar-refractivity contribution < 1.29 is 0 Å².